The van der Waals surface area contributed by atoms with E-state index in [4.69, 9.17) is 27.9 Å². The number of carboxylic acids is 1. The first-order valence-corrected chi connectivity index (χ1v) is 12.3. The SMILES string of the molecule is COc1ccc(C=C2CN(S(C)(=O)=O)Cc3c(C(=O)O)nn(-c4ccc(Cl)cc4Cl)c32)cc1. The van der Waals surface area contributed by atoms with Gasteiger partial charge in [-0.05, 0) is 47.5 Å². The van der Waals surface area contributed by atoms with Crippen molar-refractivity contribution in [3.8, 4) is 11.4 Å². The summed E-state index contributed by atoms with van der Waals surface area (Å²) in [6.07, 6.45) is 2.88. The summed E-state index contributed by atoms with van der Waals surface area (Å²) < 4.78 is 32.6. The summed E-state index contributed by atoms with van der Waals surface area (Å²) in [6.45, 7) is -0.0885. The molecule has 0 saturated heterocycles. The molecule has 1 aliphatic rings. The van der Waals surface area contributed by atoms with Crippen LogP contribution in [0.5, 0.6) is 5.75 Å². The van der Waals surface area contributed by atoms with Gasteiger partial charge in [-0.25, -0.2) is 17.9 Å². The van der Waals surface area contributed by atoms with Gasteiger partial charge in [0.15, 0.2) is 5.69 Å². The molecule has 0 fully saturated rings. The highest BCUT2D eigenvalue weighted by atomic mass is 35.5. The second-order valence-electron chi connectivity index (χ2n) is 7.46. The first-order chi connectivity index (χ1) is 15.6. The molecular formula is C22H19Cl2N3O5S. The number of rotatable bonds is 5. The fraction of sp³-hybridized carbons (Fsp3) is 0.182. The number of carbonyl (C=O) groups is 1. The maximum absolute atomic E-state index is 12.4. The molecule has 0 saturated carbocycles. The Balaban J connectivity index is 1.98. The van der Waals surface area contributed by atoms with Gasteiger partial charge >= 0.3 is 5.97 Å². The van der Waals surface area contributed by atoms with E-state index in [9.17, 15) is 18.3 Å². The predicted octanol–water partition coefficient (Wildman–Crippen LogP) is 4.20. The first kappa shape index (κ1) is 23.3. The van der Waals surface area contributed by atoms with Crippen molar-refractivity contribution in [3.63, 3.8) is 0 Å². The lowest BCUT2D eigenvalue weighted by atomic mass is 9.99. The molecule has 3 aromatic rings. The van der Waals surface area contributed by atoms with E-state index in [0.717, 1.165) is 11.8 Å². The molecule has 2 heterocycles. The van der Waals surface area contributed by atoms with Gasteiger partial charge in [-0.3, -0.25) is 0 Å². The standard InChI is InChI=1S/C22H19Cl2N3O5S/c1-32-16-6-3-13(4-7-16)9-14-11-26(33(2,30)31)12-17-20(22(28)29)25-27(21(14)17)19-8-5-15(23)10-18(19)24/h3-10H,11-12H2,1-2H3,(H,28,29). The number of halogens is 2. The summed E-state index contributed by atoms with van der Waals surface area (Å²) in [6, 6.07) is 12.0. The van der Waals surface area contributed by atoms with Gasteiger partial charge in [-0.1, -0.05) is 35.3 Å². The highest BCUT2D eigenvalue weighted by Crippen LogP contribution is 2.36. The van der Waals surface area contributed by atoms with Gasteiger partial charge < -0.3 is 9.84 Å². The van der Waals surface area contributed by atoms with Crippen molar-refractivity contribution in [2.45, 2.75) is 6.54 Å². The van der Waals surface area contributed by atoms with E-state index in [-0.39, 0.29) is 29.4 Å². The Kier molecular flexibility index (Phi) is 6.24. The number of ether oxygens (including phenoxy) is 1. The van der Waals surface area contributed by atoms with Gasteiger partial charge in [-0.2, -0.15) is 9.40 Å². The molecule has 1 N–H and O–H groups in total. The van der Waals surface area contributed by atoms with Gasteiger partial charge in [0.1, 0.15) is 5.75 Å². The molecule has 33 heavy (non-hydrogen) atoms. The van der Waals surface area contributed by atoms with Crippen LogP contribution in [0, 0.1) is 0 Å². The Labute approximate surface area is 200 Å². The van der Waals surface area contributed by atoms with E-state index < -0.39 is 16.0 Å². The molecule has 0 atom stereocenters. The largest absolute Gasteiger partial charge is 0.497 e. The van der Waals surface area contributed by atoms with Crippen LogP contribution in [0.3, 0.4) is 0 Å². The van der Waals surface area contributed by atoms with Gasteiger partial charge in [0.2, 0.25) is 10.0 Å². The molecule has 0 bridgehead atoms. The fourth-order valence-corrected chi connectivity index (χ4v) is 4.90. The van der Waals surface area contributed by atoms with Crippen LogP contribution in [0.15, 0.2) is 42.5 Å². The van der Waals surface area contributed by atoms with Crippen LogP contribution in [0.4, 0.5) is 0 Å². The van der Waals surface area contributed by atoms with Crippen LogP contribution in [0.2, 0.25) is 10.0 Å². The summed E-state index contributed by atoms with van der Waals surface area (Å²) in [5.41, 5.74) is 2.29. The number of sulfonamides is 1. The molecule has 8 nitrogen and oxygen atoms in total. The molecule has 1 aromatic heterocycles. The van der Waals surface area contributed by atoms with Crippen molar-refractivity contribution in [1.82, 2.24) is 14.1 Å². The molecule has 0 aliphatic carbocycles. The molecule has 172 valence electrons. The molecular weight excluding hydrogens is 489 g/mol. The molecule has 2 aromatic carbocycles. The minimum atomic E-state index is -3.62. The second-order valence-corrected chi connectivity index (χ2v) is 10.3. The Morgan fingerprint density at radius 3 is 2.42 bits per heavy atom. The lowest BCUT2D eigenvalue weighted by Gasteiger charge is -2.28. The average Bonchev–Trinajstić information content (AvgIpc) is 3.14. The number of fused-ring (bicyclic) bond motifs is 1. The van der Waals surface area contributed by atoms with Crippen LogP contribution >= 0.6 is 23.2 Å². The summed E-state index contributed by atoms with van der Waals surface area (Å²) in [5, 5.41) is 14.8. The highest BCUT2D eigenvalue weighted by Gasteiger charge is 2.35. The topological polar surface area (TPSA) is 102 Å². The molecule has 4 rings (SSSR count). The van der Waals surface area contributed by atoms with E-state index in [1.807, 2.05) is 12.1 Å². The van der Waals surface area contributed by atoms with E-state index in [2.05, 4.69) is 5.10 Å². The number of methoxy groups -OCH3 is 1. The van der Waals surface area contributed by atoms with E-state index in [1.54, 1.807) is 37.5 Å². The zero-order valence-electron chi connectivity index (χ0n) is 17.6. The smallest absolute Gasteiger partial charge is 0.356 e. The normalized spacial score (nSPS) is 15.5. The molecule has 11 heteroatoms. The van der Waals surface area contributed by atoms with Crippen molar-refractivity contribution >= 4 is 50.8 Å². The van der Waals surface area contributed by atoms with Crippen molar-refractivity contribution in [1.29, 1.82) is 0 Å². The number of hydrogen-bond donors (Lipinski definition) is 1. The van der Waals surface area contributed by atoms with Gasteiger partial charge in [0.05, 0.1) is 29.8 Å². The monoisotopic (exact) mass is 507 g/mol. The van der Waals surface area contributed by atoms with Crippen LogP contribution in [0.1, 0.15) is 27.3 Å². The van der Waals surface area contributed by atoms with Crippen molar-refractivity contribution in [3.05, 3.63) is 75.0 Å². The number of benzene rings is 2. The lowest BCUT2D eigenvalue weighted by molar-refractivity contribution is 0.0688. The van der Waals surface area contributed by atoms with E-state index in [1.165, 1.54) is 15.1 Å². The molecule has 0 unspecified atom stereocenters. The number of nitrogens with zero attached hydrogens (tertiary/aromatic N) is 3. The molecule has 0 radical (unpaired) electrons. The fourth-order valence-electron chi connectivity index (χ4n) is 3.68. The van der Waals surface area contributed by atoms with Gasteiger partial charge in [-0.15, -0.1) is 0 Å². The third-order valence-corrected chi connectivity index (χ3v) is 6.97. The molecule has 0 amide bonds. The summed E-state index contributed by atoms with van der Waals surface area (Å²) in [5.74, 6) is -0.598. The lowest BCUT2D eigenvalue weighted by Crippen LogP contribution is -2.35. The van der Waals surface area contributed by atoms with Gasteiger partial charge in [0.25, 0.3) is 0 Å². The average molecular weight is 508 g/mol. The van der Waals surface area contributed by atoms with Gasteiger partial charge in [0, 0.05) is 23.7 Å². The predicted molar refractivity (Wildman–Crippen MR) is 127 cm³/mol. The first-order valence-electron chi connectivity index (χ1n) is 9.69. The Morgan fingerprint density at radius 1 is 1.15 bits per heavy atom. The Bertz CT molecular complexity index is 1380. The zero-order chi connectivity index (χ0) is 23.9. The Morgan fingerprint density at radius 2 is 1.85 bits per heavy atom. The number of aromatic carboxylic acids is 1. The van der Waals surface area contributed by atoms with Crippen LogP contribution < -0.4 is 4.74 Å². The maximum atomic E-state index is 12.4. The number of aromatic nitrogens is 2. The van der Waals surface area contributed by atoms with Crippen LogP contribution in [-0.4, -0.2) is 53.5 Å². The zero-order valence-corrected chi connectivity index (χ0v) is 19.9. The third kappa shape index (κ3) is 4.63. The number of hydrogen-bond acceptors (Lipinski definition) is 5. The minimum Gasteiger partial charge on any atom is -0.497 e. The van der Waals surface area contributed by atoms with Crippen molar-refractivity contribution in [2.24, 2.45) is 0 Å². The Hall–Kier alpha value is -2.85. The van der Waals surface area contributed by atoms with Crippen molar-refractivity contribution < 1.29 is 23.1 Å². The van der Waals surface area contributed by atoms with Crippen LogP contribution in [0.25, 0.3) is 17.3 Å². The summed E-state index contributed by atoms with van der Waals surface area (Å²) >= 11 is 12.4. The molecule has 0 spiro atoms. The maximum Gasteiger partial charge on any atom is 0.356 e. The number of carboxylic acid groups (broad SMARTS) is 1. The second kappa shape index (κ2) is 8.83. The van der Waals surface area contributed by atoms with Crippen LogP contribution in [-0.2, 0) is 16.6 Å². The summed E-state index contributed by atoms with van der Waals surface area (Å²) in [7, 11) is -2.05. The van der Waals surface area contributed by atoms with Crippen molar-refractivity contribution in [2.75, 3.05) is 19.9 Å². The molecule has 1 aliphatic heterocycles. The summed E-state index contributed by atoms with van der Waals surface area (Å²) in [4.78, 5) is 12.0. The quantitative estimate of drug-likeness (QED) is 0.555. The third-order valence-electron chi connectivity index (χ3n) is 5.24. The minimum absolute atomic E-state index is 0.0355. The van der Waals surface area contributed by atoms with E-state index >= 15 is 0 Å². The highest BCUT2D eigenvalue weighted by molar-refractivity contribution is 7.88. The van der Waals surface area contributed by atoms with E-state index in [0.29, 0.717) is 27.7 Å².